The summed E-state index contributed by atoms with van der Waals surface area (Å²) in [6.07, 6.45) is 1.45. The lowest BCUT2D eigenvalue weighted by atomic mass is 9.84. The Bertz CT molecular complexity index is 813. The quantitative estimate of drug-likeness (QED) is 0.779. The second-order valence-corrected chi connectivity index (χ2v) is 6.63. The summed E-state index contributed by atoms with van der Waals surface area (Å²) in [7, 11) is 1.82. The van der Waals surface area contributed by atoms with Crippen molar-refractivity contribution in [1.29, 1.82) is 0 Å². The first kappa shape index (κ1) is 15.7. The molecule has 7 heteroatoms. The Labute approximate surface area is 146 Å². The minimum Gasteiger partial charge on any atom is -0.369 e. The predicted octanol–water partition coefficient (Wildman–Crippen LogP) is 2.23. The normalized spacial score (nSPS) is 18.3. The molecule has 3 N–H and O–H groups in total. The molecule has 0 saturated carbocycles. The van der Waals surface area contributed by atoms with E-state index in [0.717, 1.165) is 48.8 Å². The average molecular weight is 338 g/mol. The molecular formula is C18H22N6O. The standard InChI is InChI=1S/C18H22N6O/c1-12-11-15(22-17(19-2)20-12)24-9-7-18(8-10-24)16(25)21-13-5-3-4-6-14(13)23-18/h3-6,11,23H,7-10H2,1-2H3,(H,21,25)(H,19,20,22). The van der Waals surface area contributed by atoms with Crippen molar-refractivity contribution in [3.05, 3.63) is 36.0 Å². The largest absolute Gasteiger partial charge is 0.369 e. The highest BCUT2D eigenvalue weighted by molar-refractivity contribution is 6.06. The first-order chi connectivity index (χ1) is 12.1. The summed E-state index contributed by atoms with van der Waals surface area (Å²) in [6, 6.07) is 9.83. The number of carbonyl (C=O) groups is 1. The van der Waals surface area contributed by atoms with Crippen LogP contribution >= 0.6 is 0 Å². The monoisotopic (exact) mass is 338 g/mol. The number of carbonyl (C=O) groups excluding carboxylic acids is 1. The van der Waals surface area contributed by atoms with Crippen LogP contribution < -0.4 is 20.9 Å². The van der Waals surface area contributed by atoms with E-state index in [1.54, 1.807) is 0 Å². The van der Waals surface area contributed by atoms with E-state index in [0.29, 0.717) is 5.95 Å². The van der Waals surface area contributed by atoms with Gasteiger partial charge in [0.05, 0.1) is 11.4 Å². The number of anilines is 4. The van der Waals surface area contributed by atoms with Gasteiger partial charge in [0, 0.05) is 31.9 Å². The van der Waals surface area contributed by atoms with Crippen LogP contribution in [0.1, 0.15) is 18.5 Å². The van der Waals surface area contributed by atoms with Gasteiger partial charge < -0.3 is 20.9 Å². The maximum atomic E-state index is 12.7. The zero-order valence-corrected chi connectivity index (χ0v) is 14.5. The van der Waals surface area contributed by atoms with Gasteiger partial charge in [-0.05, 0) is 31.9 Å². The Morgan fingerprint density at radius 3 is 2.60 bits per heavy atom. The summed E-state index contributed by atoms with van der Waals surface area (Å²) in [5, 5.41) is 9.53. The van der Waals surface area contributed by atoms with E-state index in [1.807, 2.05) is 44.3 Å². The Hall–Kier alpha value is -2.83. The van der Waals surface area contributed by atoms with Crippen molar-refractivity contribution >= 4 is 29.0 Å². The van der Waals surface area contributed by atoms with Crippen LogP contribution in [0.5, 0.6) is 0 Å². The number of piperidine rings is 1. The molecule has 4 rings (SSSR count). The molecule has 1 spiro atoms. The smallest absolute Gasteiger partial charge is 0.250 e. The summed E-state index contributed by atoms with van der Waals surface area (Å²) in [5.41, 5.74) is 2.23. The van der Waals surface area contributed by atoms with Crippen molar-refractivity contribution in [1.82, 2.24) is 9.97 Å². The lowest BCUT2D eigenvalue weighted by Crippen LogP contribution is -2.58. The second-order valence-electron chi connectivity index (χ2n) is 6.63. The number of para-hydroxylation sites is 2. The van der Waals surface area contributed by atoms with Gasteiger partial charge in [0.2, 0.25) is 11.9 Å². The van der Waals surface area contributed by atoms with Gasteiger partial charge in [-0.15, -0.1) is 0 Å². The summed E-state index contributed by atoms with van der Waals surface area (Å²) in [6.45, 7) is 3.49. The zero-order chi connectivity index (χ0) is 17.4. The molecule has 2 aliphatic rings. The third-order valence-corrected chi connectivity index (χ3v) is 4.99. The fourth-order valence-corrected chi connectivity index (χ4v) is 3.55. The number of aryl methyl sites for hydroxylation is 1. The minimum atomic E-state index is -0.543. The van der Waals surface area contributed by atoms with E-state index in [-0.39, 0.29) is 5.91 Å². The number of amides is 1. The number of hydrogen-bond acceptors (Lipinski definition) is 6. The molecule has 1 fully saturated rings. The van der Waals surface area contributed by atoms with Crippen LogP contribution in [0.25, 0.3) is 0 Å². The summed E-state index contributed by atoms with van der Waals surface area (Å²) in [4.78, 5) is 23.8. The number of fused-ring (bicyclic) bond motifs is 1. The molecule has 130 valence electrons. The maximum Gasteiger partial charge on any atom is 0.250 e. The Morgan fingerprint density at radius 2 is 1.88 bits per heavy atom. The van der Waals surface area contributed by atoms with Crippen LogP contribution in [-0.2, 0) is 4.79 Å². The van der Waals surface area contributed by atoms with Crippen LogP contribution in [0.15, 0.2) is 30.3 Å². The fraction of sp³-hybridized carbons (Fsp3) is 0.389. The van der Waals surface area contributed by atoms with Gasteiger partial charge >= 0.3 is 0 Å². The molecule has 1 aromatic heterocycles. The minimum absolute atomic E-state index is 0.0561. The molecule has 0 radical (unpaired) electrons. The molecular weight excluding hydrogens is 316 g/mol. The van der Waals surface area contributed by atoms with Crippen molar-refractivity contribution in [3.63, 3.8) is 0 Å². The van der Waals surface area contributed by atoms with Gasteiger partial charge in [0.15, 0.2) is 0 Å². The Balaban J connectivity index is 1.54. The summed E-state index contributed by atoms with van der Waals surface area (Å²) >= 11 is 0. The molecule has 2 aromatic rings. The molecule has 0 bridgehead atoms. The van der Waals surface area contributed by atoms with Gasteiger partial charge in [-0.25, -0.2) is 4.98 Å². The van der Waals surface area contributed by atoms with Gasteiger partial charge in [-0.3, -0.25) is 4.79 Å². The molecule has 2 aliphatic heterocycles. The fourth-order valence-electron chi connectivity index (χ4n) is 3.55. The van der Waals surface area contributed by atoms with E-state index in [4.69, 9.17) is 0 Å². The molecule has 1 saturated heterocycles. The van der Waals surface area contributed by atoms with Crippen LogP contribution in [0.3, 0.4) is 0 Å². The SMILES string of the molecule is CNc1nc(C)cc(N2CCC3(CC2)Nc2ccccc2NC3=O)n1. The molecule has 0 aliphatic carbocycles. The van der Waals surface area contributed by atoms with Crippen LogP contribution in [0.4, 0.5) is 23.1 Å². The van der Waals surface area contributed by atoms with Crippen LogP contribution in [0, 0.1) is 6.92 Å². The summed E-state index contributed by atoms with van der Waals surface area (Å²) < 4.78 is 0. The molecule has 1 amide bonds. The van der Waals surface area contributed by atoms with E-state index < -0.39 is 5.54 Å². The number of hydrogen-bond donors (Lipinski definition) is 3. The van der Waals surface area contributed by atoms with Crippen molar-refractivity contribution < 1.29 is 4.79 Å². The Morgan fingerprint density at radius 1 is 1.16 bits per heavy atom. The molecule has 0 unspecified atom stereocenters. The Kier molecular flexibility index (Phi) is 3.71. The molecule has 0 atom stereocenters. The van der Waals surface area contributed by atoms with Gasteiger partial charge in [0.25, 0.3) is 0 Å². The van der Waals surface area contributed by atoms with E-state index in [2.05, 4.69) is 30.8 Å². The number of nitrogens with one attached hydrogen (secondary N) is 3. The first-order valence-electron chi connectivity index (χ1n) is 8.57. The average Bonchev–Trinajstić information content (AvgIpc) is 2.63. The number of nitrogens with zero attached hydrogens (tertiary/aromatic N) is 3. The zero-order valence-electron chi connectivity index (χ0n) is 14.5. The van der Waals surface area contributed by atoms with Gasteiger partial charge in [-0.2, -0.15) is 4.98 Å². The van der Waals surface area contributed by atoms with E-state index in [9.17, 15) is 4.79 Å². The summed E-state index contributed by atoms with van der Waals surface area (Å²) in [5.74, 6) is 1.58. The van der Waals surface area contributed by atoms with Crippen LogP contribution in [0.2, 0.25) is 0 Å². The second kappa shape index (κ2) is 5.91. The van der Waals surface area contributed by atoms with E-state index >= 15 is 0 Å². The number of rotatable bonds is 2. The van der Waals surface area contributed by atoms with E-state index in [1.165, 1.54) is 0 Å². The van der Waals surface area contributed by atoms with Crippen molar-refractivity contribution in [2.24, 2.45) is 0 Å². The lowest BCUT2D eigenvalue weighted by molar-refractivity contribution is -0.121. The molecule has 25 heavy (non-hydrogen) atoms. The highest BCUT2D eigenvalue weighted by Gasteiger charge is 2.44. The van der Waals surface area contributed by atoms with Gasteiger partial charge in [-0.1, -0.05) is 12.1 Å². The van der Waals surface area contributed by atoms with Crippen molar-refractivity contribution in [2.45, 2.75) is 25.3 Å². The topological polar surface area (TPSA) is 82.2 Å². The van der Waals surface area contributed by atoms with Crippen LogP contribution in [-0.4, -0.2) is 41.6 Å². The number of aromatic nitrogens is 2. The molecule has 7 nitrogen and oxygen atoms in total. The third kappa shape index (κ3) is 2.75. The predicted molar refractivity (Wildman–Crippen MR) is 99.2 cm³/mol. The van der Waals surface area contributed by atoms with Gasteiger partial charge in [0.1, 0.15) is 11.4 Å². The molecule has 3 heterocycles. The highest BCUT2D eigenvalue weighted by atomic mass is 16.2. The highest BCUT2D eigenvalue weighted by Crippen LogP contribution is 2.37. The maximum absolute atomic E-state index is 12.7. The molecule has 1 aromatic carbocycles. The lowest BCUT2D eigenvalue weighted by Gasteiger charge is -2.44. The third-order valence-electron chi connectivity index (χ3n) is 4.99. The van der Waals surface area contributed by atoms with Crippen molar-refractivity contribution in [3.8, 4) is 0 Å². The number of benzene rings is 1. The first-order valence-corrected chi connectivity index (χ1v) is 8.57. The van der Waals surface area contributed by atoms with Crippen molar-refractivity contribution in [2.75, 3.05) is 41.0 Å².